The van der Waals surface area contributed by atoms with E-state index in [4.69, 9.17) is 5.73 Å². The molecule has 1 aliphatic carbocycles. The molecule has 0 aromatic rings. The number of sulfone groups is 1. The highest BCUT2D eigenvalue weighted by atomic mass is 32.2. The van der Waals surface area contributed by atoms with E-state index >= 15 is 0 Å². The van der Waals surface area contributed by atoms with E-state index in [0.29, 0.717) is 12.8 Å². The van der Waals surface area contributed by atoms with Crippen molar-refractivity contribution in [1.29, 1.82) is 0 Å². The monoisotopic (exact) mass is 233 g/mol. The molecule has 15 heavy (non-hydrogen) atoms. The summed E-state index contributed by atoms with van der Waals surface area (Å²) >= 11 is 0. The average molecular weight is 233 g/mol. The Kier molecular flexibility index (Phi) is 3.58. The van der Waals surface area contributed by atoms with E-state index < -0.39 is 20.5 Å². The summed E-state index contributed by atoms with van der Waals surface area (Å²) in [5, 5.41) is 8.90. The van der Waals surface area contributed by atoms with Gasteiger partial charge in [-0.2, -0.15) is 0 Å². The Morgan fingerprint density at radius 3 is 2.60 bits per heavy atom. The summed E-state index contributed by atoms with van der Waals surface area (Å²) in [6.45, 7) is 5.63. The number of nitrogens with two attached hydrogens (primary N) is 1. The van der Waals surface area contributed by atoms with Crippen LogP contribution in [0, 0.1) is 5.41 Å². The number of aliphatic hydroxyl groups is 1. The summed E-state index contributed by atoms with van der Waals surface area (Å²) in [6.07, 6.45) is 0.850. The third-order valence-electron chi connectivity index (χ3n) is 3.45. The molecule has 1 fully saturated rings. The second kappa shape index (κ2) is 4.23. The Labute approximate surface area is 91.1 Å². The van der Waals surface area contributed by atoms with Crippen molar-refractivity contribution in [1.82, 2.24) is 0 Å². The van der Waals surface area contributed by atoms with Crippen LogP contribution in [0.5, 0.6) is 0 Å². The van der Waals surface area contributed by atoms with E-state index in [-0.39, 0.29) is 18.9 Å². The minimum absolute atomic E-state index is 0.113. The van der Waals surface area contributed by atoms with Crippen molar-refractivity contribution in [3.05, 3.63) is 12.2 Å². The van der Waals surface area contributed by atoms with Gasteiger partial charge in [0.15, 0.2) is 9.84 Å². The van der Waals surface area contributed by atoms with Gasteiger partial charge < -0.3 is 10.8 Å². The van der Waals surface area contributed by atoms with Gasteiger partial charge in [0.1, 0.15) is 0 Å². The average Bonchev–Trinajstić information content (AvgIpc) is 2.57. The molecule has 1 aliphatic rings. The molecule has 2 atom stereocenters. The molecule has 0 aliphatic heterocycles. The first-order valence-electron chi connectivity index (χ1n) is 5.12. The van der Waals surface area contributed by atoms with E-state index in [1.807, 2.05) is 0 Å². The smallest absolute Gasteiger partial charge is 0.153 e. The summed E-state index contributed by atoms with van der Waals surface area (Å²) < 4.78 is 23.4. The lowest BCUT2D eigenvalue weighted by Crippen LogP contribution is -2.34. The van der Waals surface area contributed by atoms with Crippen molar-refractivity contribution >= 4 is 9.84 Å². The standard InChI is InChI=1S/C10H19NO3S/c1-3-15(13,14)9-4-8(2)10(5-9,6-11)7-12/h9,12H,2-7,11H2,1H3/t9-,10-/m1/s1. The van der Waals surface area contributed by atoms with Crippen LogP contribution in [0.3, 0.4) is 0 Å². The van der Waals surface area contributed by atoms with Gasteiger partial charge in [0.2, 0.25) is 0 Å². The molecule has 0 spiro atoms. The minimum atomic E-state index is -3.05. The van der Waals surface area contributed by atoms with Gasteiger partial charge in [0, 0.05) is 17.7 Å². The van der Waals surface area contributed by atoms with Crippen molar-refractivity contribution < 1.29 is 13.5 Å². The van der Waals surface area contributed by atoms with E-state index in [0.717, 1.165) is 5.57 Å². The van der Waals surface area contributed by atoms with Gasteiger partial charge >= 0.3 is 0 Å². The summed E-state index contributed by atoms with van der Waals surface area (Å²) in [6, 6.07) is 0. The third-order valence-corrected chi connectivity index (χ3v) is 5.60. The molecule has 0 aromatic carbocycles. The lowest BCUT2D eigenvalue weighted by Gasteiger charge is -2.26. The summed E-state index contributed by atoms with van der Waals surface area (Å²) in [7, 11) is -3.05. The molecule has 88 valence electrons. The largest absolute Gasteiger partial charge is 0.395 e. The maximum absolute atomic E-state index is 11.7. The molecule has 0 saturated heterocycles. The fraction of sp³-hybridized carbons (Fsp3) is 0.800. The van der Waals surface area contributed by atoms with E-state index in [1.54, 1.807) is 6.92 Å². The maximum atomic E-state index is 11.7. The summed E-state index contributed by atoms with van der Waals surface area (Å²) in [5.74, 6) is 0.136. The topological polar surface area (TPSA) is 80.4 Å². The second-order valence-electron chi connectivity index (χ2n) is 4.23. The summed E-state index contributed by atoms with van der Waals surface area (Å²) in [4.78, 5) is 0. The molecule has 0 radical (unpaired) electrons. The normalized spacial score (nSPS) is 32.2. The molecular weight excluding hydrogens is 214 g/mol. The van der Waals surface area contributed by atoms with Gasteiger partial charge in [-0.25, -0.2) is 8.42 Å². The van der Waals surface area contributed by atoms with Crippen LogP contribution in [0.15, 0.2) is 12.2 Å². The lowest BCUT2D eigenvalue weighted by molar-refractivity contribution is 0.170. The summed E-state index contributed by atoms with van der Waals surface area (Å²) in [5.41, 5.74) is 5.80. The first-order valence-corrected chi connectivity index (χ1v) is 6.84. The molecular formula is C10H19NO3S. The molecule has 0 unspecified atom stereocenters. The Morgan fingerprint density at radius 2 is 2.27 bits per heavy atom. The number of aliphatic hydroxyl groups excluding tert-OH is 1. The van der Waals surface area contributed by atoms with Crippen LogP contribution in [0.1, 0.15) is 19.8 Å². The first kappa shape index (κ1) is 12.7. The van der Waals surface area contributed by atoms with Crippen LogP contribution in [0.25, 0.3) is 0 Å². The zero-order valence-electron chi connectivity index (χ0n) is 9.07. The van der Waals surface area contributed by atoms with Gasteiger partial charge in [0.05, 0.1) is 11.9 Å². The highest BCUT2D eigenvalue weighted by molar-refractivity contribution is 7.92. The van der Waals surface area contributed by atoms with Crippen LogP contribution in [-0.4, -0.2) is 37.7 Å². The molecule has 0 heterocycles. The van der Waals surface area contributed by atoms with E-state index in [2.05, 4.69) is 6.58 Å². The van der Waals surface area contributed by atoms with Gasteiger partial charge in [-0.3, -0.25) is 0 Å². The van der Waals surface area contributed by atoms with Crippen LogP contribution in [-0.2, 0) is 9.84 Å². The molecule has 0 bridgehead atoms. The highest BCUT2D eigenvalue weighted by Gasteiger charge is 2.45. The van der Waals surface area contributed by atoms with Crippen LogP contribution in [0.2, 0.25) is 0 Å². The van der Waals surface area contributed by atoms with E-state index in [9.17, 15) is 13.5 Å². The van der Waals surface area contributed by atoms with Gasteiger partial charge in [-0.15, -0.1) is 0 Å². The maximum Gasteiger partial charge on any atom is 0.153 e. The first-order chi connectivity index (χ1) is 6.91. The molecule has 3 N–H and O–H groups in total. The highest BCUT2D eigenvalue weighted by Crippen LogP contribution is 2.43. The van der Waals surface area contributed by atoms with Crippen molar-refractivity contribution in [2.75, 3.05) is 18.9 Å². The number of hydrogen-bond acceptors (Lipinski definition) is 4. The molecule has 0 aromatic heterocycles. The Hall–Kier alpha value is -0.390. The second-order valence-corrected chi connectivity index (χ2v) is 6.80. The Bertz CT molecular complexity index is 344. The fourth-order valence-corrected chi connectivity index (χ4v) is 3.60. The minimum Gasteiger partial charge on any atom is -0.395 e. The van der Waals surface area contributed by atoms with Crippen LogP contribution < -0.4 is 5.73 Å². The van der Waals surface area contributed by atoms with Crippen molar-refractivity contribution in [2.45, 2.75) is 25.0 Å². The predicted molar refractivity (Wildman–Crippen MR) is 60.2 cm³/mol. The lowest BCUT2D eigenvalue weighted by atomic mass is 9.84. The molecule has 1 saturated carbocycles. The third kappa shape index (κ3) is 2.09. The van der Waals surface area contributed by atoms with Gasteiger partial charge in [-0.05, 0) is 12.8 Å². The van der Waals surface area contributed by atoms with Gasteiger partial charge in [0.25, 0.3) is 0 Å². The quantitative estimate of drug-likeness (QED) is 0.674. The van der Waals surface area contributed by atoms with Crippen LogP contribution >= 0.6 is 0 Å². The van der Waals surface area contributed by atoms with Crippen LogP contribution in [0.4, 0.5) is 0 Å². The van der Waals surface area contributed by atoms with E-state index in [1.165, 1.54) is 0 Å². The Morgan fingerprint density at radius 1 is 1.67 bits per heavy atom. The molecule has 4 nitrogen and oxygen atoms in total. The van der Waals surface area contributed by atoms with Gasteiger partial charge in [-0.1, -0.05) is 19.1 Å². The molecule has 5 heteroatoms. The zero-order valence-corrected chi connectivity index (χ0v) is 9.89. The van der Waals surface area contributed by atoms with Crippen molar-refractivity contribution in [3.63, 3.8) is 0 Å². The fourth-order valence-electron chi connectivity index (χ4n) is 2.10. The number of hydrogen-bond donors (Lipinski definition) is 2. The predicted octanol–water partition coefficient (Wildman–Crippen LogP) is 0.0771. The number of rotatable bonds is 4. The molecule has 0 amide bonds. The SMILES string of the molecule is C=C1C[C@@H](S(=O)(=O)CC)C[C@@]1(CN)CO. The van der Waals surface area contributed by atoms with Crippen molar-refractivity contribution in [2.24, 2.45) is 11.1 Å². The Balaban J connectivity index is 2.94. The van der Waals surface area contributed by atoms with Crippen molar-refractivity contribution in [3.8, 4) is 0 Å². The zero-order chi connectivity index (χ0) is 11.7. The molecule has 1 rings (SSSR count).